The van der Waals surface area contributed by atoms with E-state index in [-0.39, 0.29) is 17.5 Å². The Morgan fingerprint density at radius 3 is 2.41 bits per heavy atom. The zero-order chi connectivity index (χ0) is 30.4. The van der Waals surface area contributed by atoms with E-state index in [1.165, 1.54) is 6.07 Å². The number of hydrogen-bond acceptors (Lipinski definition) is 9. The maximum absolute atomic E-state index is 12.2. The Hall–Kier alpha value is -5.90. The van der Waals surface area contributed by atoms with E-state index in [1.807, 2.05) is 66.2 Å². The Morgan fingerprint density at radius 1 is 0.909 bits per heavy atom. The average Bonchev–Trinajstić information content (AvgIpc) is 3.38. The summed E-state index contributed by atoms with van der Waals surface area (Å²) in [6.45, 7) is 4.01. The van der Waals surface area contributed by atoms with Crippen LogP contribution in [0.2, 0.25) is 0 Å². The lowest BCUT2D eigenvalue weighted by Gasteiger charge is -2.40. The molecule has 0 saturated heterocycles. The normalized spacial score (nSPS) is 15.0. The Labute approximate surface area is 253 Å². The summed E-state index contributed by atoms with van der Waals surface area (Å²) in [5.74, 6) is 0.849. The van der Waals surface area contributed by atoms with Crippen LogP contribution in [0.5, 0.6) is 11.5 Å². The summed E-state index contributed by atoms with van der Waals surface area (Å²) in [6, 6.07) is 28.9. The fourth-order valence-corrected chi connectivity index (χ4v) is 5.61. The molecule has 4 aromatic carbocycles. The van der Waals surface area contributed by atoms with Gasteiger partial charge in [-0.05, 0) is 80.1 Å². The molecule has 10 nitrogen and oxygen atoms in total. The molecule has 44 heavy (non-hydrogen) atoms. The number of phenolic OH excluding ortho intramolecular Hbond substituents is 2. The number of benzene rings is 4. The third-order valence-electron chi connectivity index (χ3n) is 7.61. The highest BCUT2D eigenvalue weighted by Crippen LogP contribution is 2.49. The van der Waals surface area contributed by atoms with Crippen molar-refractivity contribution in [3.8, 4) is 17.2 Å². The average molecular weight is 585 g/mol. The molecule has 5 aromatic rings. The van der Waals surface area contributed by atoms with E-state index in [2.05, 4.69) is 10.2 Å². The number of aromatic nitrogens is 2. The van der Waals surface area contributed by atoms with Crippen molar-refractivity contribution in [2.24, 2.45) is 9.98 Å². The molecule has 1 aromatic heterocycles. The molecular formula is C34H28N6O4. The monoisotopic (exact) mass is 584 g/mol. The van der Waals surface area contributed by atoms with Crippen LogP contribution in [0.25, 0.3) is 5.69 Å². The minimum Gasteiger partial charge on any atom is -0.504 e. The van der Waals surface area contributed by atoms with Gasteiger partial charge in [0.15, 0.2) is 29.0 Å². The van der Waals surface area contributed by atoms with E-state index >= 15 is 0 Å². The van der Waals surface area contributed by atoms with Gasteiger partial charge in [0, 0.05) is 11.3 Å². The third-order valence-corrected chi connectivity index (χ3v) is 7.61. The molecule has 0 saturated carbocycles. The summed E-state index contributed by atoms with van der Waals surface area (Å²) in [4.78, 5) is 24.5. The largest absolute Gasteiger partial charge is 0.504 e. The second-order valence-electron chi connectivity index (χ2n) is 10.4. The number of carbonyl (C=O) groups excluding carboxylic acids is 1. The summed E-state index contributed by atoms with van der Waals surface area (Å²) in [6.07, 6.45) is 0. The molecule has 10 heteroatoms. The number of para-hydroxylation sites is 3. The summed E-state index contributed by atoms with van der Waals surface area (Å²) in [5, 5.41) is 29.1. The minimum absolute atomic E-state index is 0.204. The van der Waals surface area contributed by atoms with Crippen molar-refractivity contribution in [2.45, 2.75) is 19.9 Å². The summed E-state index contributed by atoms with van der Waals surface area (Å²) >= 11 is 0. The Balaban J connectivity index is 1.42. The van der Waals surface area contributed by atoms with Gasteiger partial charge >= 0.3 is 5.97 Å². The summed E-state index contributed by atoms with van der Waals surface area (Å²) < 4.78 is 6.94. The highest BCUT2D eigenvalue weighted by molar-refractivity contribution is 6.51. The quantitative estimate of drug-likeness (QED) is 0.158. The van der Waals surface area contributed by atoms with Gasteiger partial charge in [-0.15, -0.1) is 0 Å². The molecule has 3 N–H and O–H groups in total. The van der Waals surface area contributed by atoms with Gasteiger partial charge in [0.1, 0.15) is 0 Å². The van der Waals surface area contributed by atoms with Crippen LogP contribution < -0.4 is 10.2 Å². The number of aryl methyl sites for hydroxylation is 1. The molecule has 1 atom stereocenters. The molecule has 7 rings (SSSR count). The first-order valence-corrected chi connectivity index (χ1v) is 14.2. The second-order valence-corrected chi connectivity index (χ2v) is 10.4. The number of aromatic hydroxyl groups is 2. The van der Waals surface area contributed by atoms with Gasteiger partial charge < -0.3 is 25.2 Å². The van der Waals surface area contributed by atoms with Gasteiger partial charge in [-0.1, -0.05) is 36.4 Å². The molecule has 0 radical (unpaired) electrons. The minimum atomic E-state index is -0.471. The fraction of sp³-hybridized carbons (Fsp3) is 0.118. The highest BCUT2D eigenvalue weighted by atomic mass is 16.5. The van der Waals surface area contributed by atoms with Crippen molar-refractivity contribution in [1.29, 1.82) is 0 Å². The molecule has 2 aliphatic rings. The predicted octanol–water partition coefficient (Wildman–Crippen LogP) is 6.56. The first kappa shape index (κ1) is 27.0. The molecule has 1 unspecified atom stereocenters. The molecule has 0 aliphatic carbocycles. The van der Waals surface area contributed by atoms with Gasteiger partial charge in [-0.25, -0.2) is 19.5 Å². The van der Waals surface area contributed by atoms with Crippen LogP contribution in [0.1, 0.15) is 40.1 Å². The lowest BCUT2D eigenvalue weighted by atomic mass is 9.93. The van der Waals surface area contributed by atoms with Crippen molar-refractivity contribution in [3.63, 3.8) is 0 Å². The topological polar surface area (TPSA) is 125 Å². The molecular weight excluding hydrogens is 556 g/mol. The van der Waals surface area contributed by atoms with Crippen molar-refractivity contribution in [1.82, 2.24) is 9.78 Å². The highest BCUT2D eigenvalue weighted by Gasteiger charge is 2.41. The van der Waals surface area contributed by atoms with E-state index in [1.54, 1.807) is 43.3 Å². The van der Waals surface area contributed by atoms with Gasteiger partial charge in [-0.3, -0.25) is 0 Å². The maximum atomic E-state index is 12.2. The fourth-order valence-electron chi connectivity index (χ4n) is 5.61. The Bertz CT molecular complexity index is 1960. The second kappa shape index (κ2) is 10.7. The number of amidine groups is 2. The van der Waals surface area contributed by atoms with Crippen LogP contribution >= 0.6 is 0 Å². The van der Waals surface area contributed by atoms with Crippen LogP contribution in [0.15, 0.2) is 107 Å². The SMILES string of the molecule is CCOC(=O)c1ccc(NC2=Nc3ccccc3N3C2=Nc2c(c(C)nn2-c2ccccc2)C3c2ccc(O)c(O)c2)cc1. The van der Waals surface area contributed by atoms with Crippen molar-refractivity contribution >= 4 is 40.5 Å². The van der Waals surface area contributed by atoms with Gasteiger partial charge in [0.25, 0.3) is 0 Å². The number of esters is 1. The number of ether oxygens (including phenoxy) is 1. The first-order valence-electron chi connectivity index (χ1n) is 14.2. The van der Waals surface area contributed by atoms with Crippen LogP contribution in [0.3, 0.4) is 0 Å². The molecule has 0 bridgehead atoms. The number of hydrogen-bond donors (Lipinski definition) is 3. The summed E-state index contributed by atoms with van der Waals surface area (Å²) in [7, 11) is 0. The van der Waals surface area contributed by atoms with Gasteiger partial charge in [0.2, 0.25) is 0 Å². The van der Waals surface area contributed by atoms with E-state index in [0.717, 1.165) is 33.9 Å². The van der Waals surface area contributed by atoms with Gasteiger partial charge in [0.05, 0.1) is 41.0 Å². The number of phenols is 2. The zero-order valence-electron chi connectivity index (χ0n) is 24.0. The first-order chi connectivity index (χ1) is 21.4. The zero-order valence-corrected chi connectivity index (χ0v) is 24.0. The standard InChI is InChI=1S/C34H28N6O4/c1-3-44-34(43)21-13-16-23(17-14-21)35-31-33-37-32-29(20(2)38-40(32)24-9-5-4-6-10-24)30(22-15-18-27(41)28(42)19-22)39(33)26-12-8-7-11-25(26)36-31/h4-19,30,41-42H,3H2,1-2H3,(H,35,36). The number of rotatable bonds is 5. The molecule has 0 fully saturated rings. The van der Waals surface area contributed by atoms with Crippen LogP contribution in [-0.2, 0) is 4.74 Å². The van der Waals surface area contributed by atoms with E-state index in [9.17, 15) is 15.0 Å². The number of carbonyl (C=O) groups is 1. The van der Waals surface area contributed by atoms with Crippen LogP contribution in [0.4, 0.5) is 22.9 Å². The van der Waals surface area contributed by atoms with Crippen molar-refractivity contribution in [3.05, 3.63) is 119 Å². The summed E-state index contributed by atoms with van der Waals surface area (Å²) in [5.41, 5.74) is 5.91. The number of nitrogens with one attached hydrogen (secondary N) is 1. The molecule has 0 amide bonds. The molecule has 218 valence electrons. The Kier molecular flexibility index (Phi) is 6.58. The number of anilines is 2. The lowest BCUT2D eigenvalue weighted by Crippen LogP contribution is -2.46. The number of fused-ring (bicyclic) bond motifs is 4. The predicted molar refractivity (Wildman–Crippen MR) is 169 cm³/mol. The smallest absolute Gasteiger partial charge is 0.338 e. The van der Waals surface area contributed by atoms with Crippen molar-refractivity contribution < 1.29 is 19.7 Å². The van der Waals surface area contributed by atoms with Crippen LogP contribution in [0, 0.1) is 6.92 Å². The van der Waals surface area contributed by atoms with E-state index < -0.39 is 6.04 Å². The van der Waals surface area contributed by atoms with Crippen LogP contribution in [-0.4, -0.2) is 44.2 Å². The van der Waals surface area contributed by atoms with E-state index in [4.69, 9.17) is 19.8 Å². The molecule has 3 heterocycles. The van der Waals surface area contributed by atoms with E-state index in [0.29, 0.717) is 35.3 Å². The Morgan fingerprint density at radius 2 is 1.66 bits per heavy atom. The third kappa shape index (κ3) is 4.53. The molecule has 2 aliphatic heterocycles. The number of nitrogens with zero attached hydrogens (tertiary/aromatic N) is 5. The number of aliphatic imine (C=N–C) groups is 2. The lowest BCUT2D eigenvalue weighted by molar-refractivity contribution is 0.0526. The maximum Gasteiger partial charge on any atom is 0.338 e. The molecule has 0 spiro atoms. The van der Waals surface area contributed by atoms with Gasteiger partial charge in [-0.2, -0.15) is 5.10 Å². The van der Waals surface area contributed by atoms with Crippen molar-refractivity contribution in [2.75, 3.05) is 16.8 Å².